The van der Waals surface area contributed by atoms with Crippen LogP contribution in [0.5, 0.6) is 5.06 Å². The van der Waals surface area contributed by atoms with Crippen LogP contribution in [0.25, 0.3) is 10.1 Å². The van der Waals surface area contributed by atoms with Gasteiger partial charge in [0, 0.05) is 15.0 Å². The van der Waals surface area contributed by atoms with Crippen molar-refractivity contribution >= 4 is 34.1 Å². The lowest BCUT2D eigenvalue weighted by molar-refractivity contribution is 0.490. The van der Waals surface area contributed by atoms with Gasteiger partial charge in [-0.15, -0.1) is 12.6 Å². The maximum absolute atomic E-state index is 9.40. The first-order valence-corrected chi connectivity index (χ1v) is 4.83. The summed E-state index contributed by atoms with van der Waals surface area (Å²) in [5.74, 6) is 0. The molecule has 0 atom stereocenters. The van der Waals surface area contributed by atoms with E-state index in [0.717, 1.165) is 15.0 Å². The molecule has 4 heteroatoms. The standard InChI is InChI=1S/C9H5NOS2/c10-4-7-6-3-5(12)1-2-8(6)13-9(7)11/h1-3,11-12H. The van der Waals surface area contributed by atoms with Crippen LogP contribution in [0.3, 0.4) is 0 Å². The molecule has 0 radical (unpaired) electrons. The number of hydrogen-bond acceptors (Lipinski definition) is 4. The van der Waals surface area contributed by atoms with Crippen LogP contribution in [0.15, 0.2) is 23.1 Å². The Labute approximate surface area is 84.5 Å². The molecule has 0 fully saturated rings. The topological polar surface area (TPSA) is 44.0 Å². The van der Waals surface area contributed by atoms with Crippen LogP contribution in [0.1, 0.15) is 5.56 Å². The molecule has 0 aliphatic rings. The number of rotatable bonds is 0. The van der Waals surface area contributed by atoms with Crippen LogP contribution in [-0.4, -0.2) is 5.11 Å². The van der Waals surface area contributed by atoms with E-state index in [1.54, 1.807) is 6.07 Å². The number of thiol groups is 1. The van der Waals surface area contributed by atoms with Crippen molar-refractivity contribution < 1.29 is 5.11 Å². The summed E-state index contributed by atoms with van der Waals surface area (Å²) in [6.45, 7) is 0. The Morgan fingerprint density at radius 2 is 2.23 bits per heavy atom. The van der Waals surface area contributed by atoms with Crippen molar-refractivity contribution in [1.29, 1.82) is 5.26 Å². The van der Waals surface area contributed by atoms with E-state index in [-0.39, 0.29) is 5.06 Å². The second-order valence-electron chi connectivity index (χ2n) is 2.57. The zero-order valence-corrected chi connectivity index (χ0v) is 8.19. The van der Waals surface area contributed by atoms with Gasteiger partial charge in [-0.05, 0) is 18.2 Å². The summed E-state index contributed by atoms with van der Waals surface area (Å²) < 4.78 is 0.909. The summed E-state index contributed by atoms with van der Waals surface area (Å²) in [6, 6.07) is 7.44. The van der Waals surface area contributed by atoms with Gasteiger partial charge in [0.15, 0.2) is 5.06 Å². The molecule has 1 heterocycles. The highest BCUT2D eigenvalue weighted by Crippen LogP contribution is 2.36. The van der Waals surface area contributed by atoms with Gasteiger partial charge in [-0.25, -0.2) is 0 Å². The zero-order chi connectivity index (χ0) is 9.42. The van der Waals surface area contributed by atoms with Crippen LogP contribution in [0.2, 0.25) is 0 Å². The van der Waals surface area contributed by atoms with Gasteiger partial charge in [-0.1, -0.05) is 11.3 Å². The molecule has 2 nitrogen and oxygen atoms in total. The van der Waals surface area contributed by atoms with E-state index in [0.29, 0.717) is 5.56 Å². The molecule has 0 aliphatic carbocycles. The van der Waals surface area contributed by atoms with Crippen LogP contribution < -0.4 is 0 Å². The Balaban J connectivity index is 2.91. The second kappa shape index (κ2) is 2.95. The van der Waals surface area contributed by atoms with Gasteiger partial charge in [0.1, 0.15) is 11.6 Å². The average Bonchev–Trinajstić information content (AvgIpc) is 2.40. The number of thiophene rings is 1. The normalized spacial score (nSPS) is 10.2. The van der Waals surface area contributed by atoms with Crippen molar-refractivity contribution in [1.82, 2.24) is 0 Å². The Morgan fingerprint density at radius 1 is 1.46 bits per heavy atom. The maximum Gasteiger partial charge on any atom is 0.190 e. The lowest BCUT2D eigenvalue weighted by Crippen LogP contribution is -1.70. The van der Waals surface area contributed by atoms with E-state index in [2.05, 4.69) is 12.6 Å². The number of fused-ring (bicyclic) bond motifs is 1. The number of aromatic hydroxyl groups is 1. The SMILES string of the molecule is N#Cc1c(O)sc2ccc(S)cc12. The Bertz CT molecular complexity index is 510. The van der Waals surface area contributed by atoms with Crippen molar-refractivity contribution in [3.8, 4) is 11.1 Å². The molecule has 1 aromatic carbocycles. The summed E-state index contributed by atoms with van der Waals surface area (Å²) in [5.41, 5.74) is 0.343. The van der Waals surface area contributed by atoms with Crippen molar-refractivity contribution in [3.05, 3.63) is 23.8 Å². The van der Waals surface area contributed by atoms with E-state index >= 15 is 0 Å². The summed E-state index contributed by atoms with van der Waals surface area (Å²) in [7, 11) is 0. The highest BCUT2D eigenvalue weighted by molar-refractivity contribution is 7.80. The Kier molecular flexibility index (Phi) is 1.91. The number of nitrogens with zero attached hydrogens (tertiary/aromatic N) is 1. The first-order valence-electron chi connectivity index (χ1n) is 3.57. The minimum atomic E-state index is 0.0800. The van der Waals surface area contributed by atoms with Crippen molar-refractivity contribution in [3.63, 3.8) is 0 Å². The van der Waals surface area contributed by atoms with Crippen LogP contribution in [-0.2, 0) is 0 Å². The predicted molar refractivity (Wildman–Crippen MR) is 55.5 cm³/mol. The molecule has 0 spiro atoms. The maximum atomic E-state index is 9.40. The summed E-state index contributed by atoms with van der Waals surface area (Å²) in [4.78, 5) is 0.793. The molecule has 2 rings (SSSR count). The molecule has 1 N–H and O–H groups in total. The summed E-state index contributed by atoms with van der Waals surface area (Å²) >= 11 is 5.38. The largest absolute Gasteiger partial charge is 0.499 e. The minimum absolute atomic E-state index is 0.0800. The van der Waals surface area contributed by atoms with Gasteiger partial charge >= 0.3 is 0 Å². The smallest absolute Gasteiger partial charge is 0.190 e. The van der Waals surface area contributed by atoms with Crippen molar-refractivity contribution in [2.75, 3.05) is 0 Å². The molecule has 0 saturated carbocycles. The van der Waals surface area contributed by atoms with Gasteiger partial charge in [0.05, 0.1) is 0 Å². The number of hydrogen-bond donors (Lipinski definition) is 2. The third kappa shape index (κ3) is 1.26. The van der Waals surface area contributed by atoms with E-state index < -0.39 is 0 Å². The van der Waals surface area contributed by atoms with E-state index in [4.69, 9.17) is 5.26 Å². The van der Waals surface area contributed by atoms with Gasteiger partial charge < -0.3 is 5.11 Å². The van der Waals surface area contributed by atoms with Gasteiger partial charge in [-0.2, -0.15) is 5.26 Å². The molecule has 0 saturated heterocycles. The molecule has 64 valence electrons. The summed E-state index contributed by atoms with van der Waals surface area (Å²) in [5, 5.41) is 19.0. The fourth-order valence-electron chi connectivity index (χ4n) is 1.18. The molecule has 0 bridgehead atoms. The zero-order valence-electron chi connectivity index (χ0n) is 6.48. The lowest BCUT2D eigenvalue weighted by atomic mass is 10.2. The third-order valence-corrected chi connectivity index (χ3v) is 3.02. The Morgan fingerprint density at radius 3 is 2.92 bits per heavy atom. The fourth-order valence-corrected chi connectivity index (χ4v) is 2.26. The highest BCUT2D eigenvalue weighted by atomic mass is 32.1. The van der Waals surface area contributed by atoms with Gasteiger partial charge in [0.25, 0.3) is 0 Å². The molecule has 2 aromatic rings. The Hall–Kier alpha value is -1.18. The van der Waals surface area contributed by atoms with Crippen LogP contribution in [0.4, 0.5) is 0 Å². The predicted octanol–water partition coefficient (Wildman–Crippen LogP) is 2.77. The number of nitriles is 1. The van der Waals surface area contributed by atoms with Crippen molar-refractivity contribution in [2.45, 2.75) is 4.90 Å². The van der Waals surface area contributed by atoms with Gasteiger partial charge in [-0.3, -0.25) is 0 Å². The van der Waals surface area contributed by atoms with Crippen molar-refractivity contribution in [2.24, 2.45) is 0 Å². The van der Waals surface area contributed by atoms with Gasteiger partial charge in [0.2, 0.25) is 0 Å². The minimum Gasteiger partial charge on any atom is -0.499 e. The highest BCUT2D eigenvalue weighted by Gasteiger charge is 2.10. The molecule has 13 heavy (non-hydrogen) atoms. The fraction of sp³-hybridized carbons (Fsp3) is 0. The van der Waals surface area contributed by atoms with E-state index in [9.17, 15) is 5.11 Å². The quantitative estimate of drug-likeness (QED) is 0.652. The molecular formula is C9H5NOS2. The first-order chi connectivity index (χ1) is 6.22. The summed E-state index contributed by atoms with van der Waals surface area (Å²) in [6.07, 6.45) is 0. The second-order valence-corrected chi connectivity index (χ2v) is 4.12. The van der Waals surface area contributed by atoms with Crippen LogP contribution >= 0.6 is 24.0 Å². The number of benzene rings is 1. The average molecular weight is 207 g/mol. The van der Waals surface area contributed by atoms with Crippen LogP contribution in [0, 0.1) is 11.3 Å². The molecule has 0 amide bonds. The third-order valence-electron chi connectivity index (χ3n) is 1.76. The molecule has 0 aliphatic heterocycles. The molecule has 1 aromatic heterocycles. The van der Waals surface area contributed by atoms with E-state index in [1.165, 1.54) is 11.3 Å². The van der Waals surface area contributed by atoms with E-state index in [1.807, 2.05) is 18.2 Å². The first kappa shape index (κ1) is 8.42. The molecular weight excluding hydrogens is 202 g/mol. The molecule has 0 unspecified atom stereocenters. The lowest BCUT2D eigenvalue weighted by Gasteiger charge is -1.90. The monoisotopic (exact) mass is 207 g/mol.